The smallest absolute Gasteiger partial charge is 0.255 e. The summed E-state index contributed by atoms with van der Waals surface area (Å²) >= 11 is 0. The average Bonchev–Trinajstić information content (AvgIpc) is 3.09. The van der Waals surface area contributed by atoms with Crippen LogP contribution in [0.1, 0.15) is 15.9 Å². The van der Waals surface area contributed by atoms with E-state index in [0.717, 1.165) is 5.69 Å². The maximum atomic E-state index is 13.6. The van der Waals surface area contributed by atoms with Gasteiger partial charge in [-0.05, 0) is 61.0 Å². The van der Waals surface area contributed by atoms with E-state index in [-0.39, 0.29) is 11.7 Å². The molecule has 0 spiro atoms. The molecule has 7 heteroatoms. The van der Waals surface area contributed by atoms with E-state index < -0.39 is 0 Å². The summed E-state index contributed by atoms with van der Waals surface area (Å²) in [5.41, 5.74) is 3.46. The zero-order valence-corrected chi connectivity index (χ0v) is 13.8. The predicted octanol–water partition coefficient (Wildman–Crippen LogP) is 3.52. The van der Waals surface area contributed by atoms with Crippen LogP contribution in [0.4, 0.5) is 10.1 Å². The standard InChI is InChI=1S/C19H14FN5O/c1-12-4-7-14(11-16(12)20)22-19(26)13-5-8-15(9-6-13)25-18-17(23-24-25)3-2-10-21-18/h2-11H,1H3,(H,22,26). The molecule has 0 saturated carbocycles. The van der Waals surface area contributed by atoms with Crippen LogP contribution >= 0.6 is 0 Å². The fourth-order valence-electron chi connectivity index (χ4n) is 2.57. The minimum atomic E-state index is -0.358. The van der Waals surface area contributed by atoms with E-state index >= 15 is 0 Å². The number of hydrogen-bond acceptors (Lipinski definition) is 4. The third-order valence-electron chi connectivity index (χ3n) is 4.01. The van der Waals surface area contributed by atoms with Crippen molar-refractivity contribution in [2.24, 2.45) is 0 Å². The van der Waals surface area contributed by atoms with E-state index in [0.29, 0.717) is 28.0 Å². The molecule has 4 aromatic rings. The second-order valence-corrected chi connectivity index (χ2v) is 5.81. The lowest BCUT2D eigenvalue weighted by Gasteiger charge is -2.07. The minimum absolute atomic E-state index is 0.318. The number of carbonyl (C=O) groups excluding carboxylic acids is 1. The molecule has 0 saturated heterocycles. The van der Waals surface area contributed by atoms with Crippen molar-refractivity contribution in [3.63, 3.8) is 0 Å². The van der Waals surface area contributed by atoms with Crippen LogP contribution in [0.15, 0.2) is 60.8 Å². The Balaban J connectivity index is 1.57. The molecule has 0 radical (unpaired) electrons. The van der Waals surface area contributed by atoms with E-state index in [2.05, 4.69) is 20.6 Å². The number of aromatic nitrogens is 4. The van der Waals surface area contributed by atoms with Gasteiger partial charge in [-0.2, -0.15) is 4.68 Å². The van der Waals surface area contributed by atoms with Gasteiger partial charge in [0.25, 0.3) is 5.91 Å². The van der Waals surface area contributed by atoms with Crippen LogP contribution in [-0.4, -0.2) is 25.9 Å². The summed E-state index contributed by atoms with van der Waals surface area (Å²) < 4.78 is 15.2. The third kappa shape index (κ3) is 2.90. The summed E-state index contributed by atoms with van der Waals surface area (Å²) in [5, 5.41) is 10.8. The van der Waals surface area contributed by atoms with Gasteiger partial charge < -0.3 is 5.32 Å². The number of halogens is 1. The Morgan fingerprint density at radius 1 is 1.12 bits per heavy atom. The van der Waals surface area contributed by atoms with E-state index in [4.69, 9.17) is 0 Å². The number of nitrogens with zero attached hydrogens (tertiary/aromatic N) is 4. The molecule has 0 aliphatic carbocycles. The molecule has 0 atom stereocenters. The number of carbonyl (C=O) groups is 1. The van der Waals surface area contributed by atoms with Gasteiger partial charge in [-0.25, -0.2) is 9.37 Å². The van der Waals surface area contributed by atoms with Gasteiger partial charge in [0.1, 0.15) is 11.3 Å². The molecule has 26 heavy (non-hydrogen) atoms. The first-order valence-electron chi connectivity index (χ1n) is 7.96. The van der Waals surface area contributed by atoms with Gasteiger partial charge in [-0.1, -0.05) is 11.3 Å². The van der Waals surface area contributed by atoms with Crippen LogP contribution < -0.4 is 5.32 Å². The summed E-state index contributed by atoms with van der Waals surface area (Å²) in [5.74, 6) is -0.676. The van der Waals surface area contributed by atoms with Gasteiger partial charge in [0.05, 0.1) is 5.69 Å². The Morgan fingerprint density at radius 3 is 2.69 bits per heavy atom. The van der Waals surface area contributed by atoms with Crippen molar-refractivity contribution in [3.8, 4) is 5.69 Å². The third-order valence-corrected chi connectivity index (χ3v) is 4.01. The van der Waals surface area contributed by atoms with Crippen LogP contribution in [0.3, 0.4) is 0 Å². The molecule has 1 N–H and O–H groups in total. The number of aryl methyl sites for hydroxylation is 1. The van der Waals surface area contributed by atoms with Crippen molar-refractivity contribution in [1.82, 2.24) is 20.0 Å². The number of rotatable bonds is 3. The van der Waals surface area contributed by atoms with Gasteiger partial charge in [-0.3, -0.25) is 4.79 Å². The summed E-state index contributed by atoms with van der Waals surface area (Å²) in [4.78, 5) is 16.6. The van der Waals surface area contributed by atoms with E-state index in [1.165, 1.54) is 6.07 Å². The van der Waals surface area contributed by atoms with E-state index in [9.17, 15) is 9.18 Å². The normalized spacial score (nSPS) is 10.8. The molecule has 2 heterocycles. The molecular weight excluding hydrogens is 333 g/mol. The van der Waals surface area contributed by atoms with Crippen molar-refractivity contribution in [2.75, 3.05) is 5.32 Å². The van der Waals surface area contributed by atoms with Gasteiger partial charge >= 0.3 is 0 Å². The SMILES string of the molecule is Cc1ccc(NC(=O)c2ccc(-n3nnc4cccnc43)cc2)cc1F. The highest BCUT2D eigenvalue weighted by atomic mass is 19.1. The topological polar surface area (TPSA) is 72.7 Å². The lowest BCUT2D eigenvalue weighted by atomic mass is 10.1. The number of fused-ring (bicyclic) bond motifs is 1. The second-order valence-electron chi connectivity index (χ2n) is 5.81. The lowest BCUT2D eigenvalue weighted by molar-refractivity contribution is 0.102. The number of hydrogen-bond donors (Lipinski definition) is 1. The number of anilines is 1. The Hall–Kier alpha value is -3.61. The highest BCUT2D eigenvalue weighted by Gasteiger charge is 2.10. The van der Waals surface area contributed by atoms with Gasteiger partial charge in [0.2, 0.25) is 0 Å². The van der Waals surface area contributed by atoms with Gasteiger partial charge in [0.15, 0.2) is 5.65 Å². The number of pyridine rings is 1. The maximum absolute atomic E-state index is 13.6. The molecule has 2 aromatic carbocycles. The van der Waals surface area contributed by atoms with E-state index in [1.54, 1.807) is 60.3 Å². The summed E-state index contributed by atoms with van der Waals surface area (Å²) in [6.45, 7) is 1.67. The molecule has 0 aliphatic heterocycles. The average molecular weight is 347 g/mol. The first-order valence-corrected chi connectivity index (χ1v) is 7.96. The molecule has 0 unspecified atom stereocenters. The van der Waals surface area contributed by atoms with Crippen LogP contribution in [0.25, 0.3) is 16.9 Å². The highest BCUT2D eigenvalue weighted by Crippen LogP contribution is 2.17. The summed E-state index contributed by atoms with van der Waals surface area (Å²) in [7, 11) is 0. The largest absolute Gasteiger partial charge is 0.322 e. The monoisotopic (exact) mass is 347 g/mol. The maximum Gasteiger partial charge on any atom is 0.255 e. The predicted molar refractivity (Wildman–Crippen MR) is 95.8 cm³/mol. The van der Waals surface area contributed by atoms with Crippen LogP contribution in [0, 0.1) is 12.7 Å². The molecule has 4 rings (SSSR count). The van der Waals surface area contributed by atoms with Crippen LogP contribution in [-0.2, 0) is 0 Å². The molecule has 6 nitrogen and oxygen atoms in total. The Bertz CT molecular complexity index is 1100. The van der Waals surface area contributed by atoms with Crippen molar-refractivity contribution in [1.29, 1.82) is 0 Å². The molecule has 0 aliphatic rings. The number of amides is 1. The molecule has 128 valence electrons. The minimum Gasteiger partial charge on any atom is -0.322 e. The fourth-order valence-corrected chi connectivity index (χ4v) is 2.57. The van der Waals surface area contributed by atoms with Crippen molar-refractivity contribution in [2.45, 2.75) is 6.92 Å². The Kier molecular flexibility index (Phi) is 3.89. The molecule has 1 amide bonds. The van der Waals surface area contributed by atoms with Crippen molar-refractivity contribution in [3.05, 3.63) is 77.7 Å². The summed E-state index contributed by atoms with van der Waals surface area (Å²) in [6, 6.07) is 15.1. The molecular formula is C19H14FN5O. The van der Waals surface area contributed by atoms with Crippen LogP contribution in [0.2, 0.25) is 0 Å². The number of nitrogens with one attached hydrogen (secondary N) is 1. The van der Waals surface area contributed by atoms with Crippen molar-refractivity contribution < 1.29 is 9.18 Å². The Morgan fingerprint density at radius 2 is 1.92 bits per heavy atom. The molecule has 0 fully saturated rings. The molecule has 0 bridgehead atoms. The zero-order valence-electron chi connectivity index (χ0n) is 13.8. The molecule has 2 aromatic heterocycles. The quantitative estimate of drug-likeness (QED) is 0.615. The Labute approximate surface area is 148 Å². The first kappa shape index (κ1) is 15.9. The highest BCUT2D eigenvalue weighted by molar-refractivity contribution is 6.04. The van der Waals surface area contributed by atoms with E-state index in [1.807, 2.05) is 6.07 Å². The van der Waals surface area contributed by atoms with Crippen molar-refractivity contribution >= 4 is 22.8 Å². The number of benzene rings is 2. The van der Waals surface area contributed by atoms with Gasteiger partial charge in [-0.15, -0.1) is 5.10 Å². The van der Waals surface area contributed by atoms with Gasteiger partial charge in [0, 0.05) is 17.4 Å². The fraction of sp³-hybridized carbons (Fsp3) is 0.0526. The first-order chi connectivity index (χ1) is 12.6. The summed E-state index contributed by atoms with van der Waals surface area (Å²) in [6.07, 6.45) is 1.67. The van der Waals surface area contributed by atoms with Crippen LogP contribution in [0.5, 0.6) is 0 Å². The lowest BCUT2D eigenvalue weighted by Crippen LogP contribution is -2.12. The second kappa shape index (κ2) is 6.36. The zero-order chi connectivity index (χ0) is 18.1.